The van der Waals surface area contributed by atoms with Crippen molar-refractivity contribution in [2.24, 2.45) is 0 Å². The largest absolute Gasteiger partial charge is 0.454 e. The number of carbonyl (C=O) groups is 1. The van der Waals surface area contributed by atoms with Crippen LogP contribution in [0.3, 0.4) is 0 Å². The summed E-state index contributed by atoms with van der Waals surface area (Å²) in [6.07, 6.45) is 1.07. The van der Waals surface area contributed by atoms with E-state index in [9.17, 15) is 13.2 Å². The average Bonchev–Trinajstić information content (AvgIpc) is 3.19. The zero-order valence-corrected chi connectivity index (χ0v) is 18.2. The van der Waals surface area contributed by atoms with Gasteiger partial charge in [-0.3, -0.25) is 9.10 Å². The first kappa shape index (κ1) is 21.8. The number of fused-ring (bicyclic) bond motifs is 1. The fourth-order valence-corrected chi connectivity index (χ4v) is 4.09. The van der Waals surface area contributed by atoms with Crippen LogP contribution in [-0.4, -0.2) is 47.0 Å². The van der Waals surface area contributed by atoms with E-state index in [0.29, 0.717) is 23.7 Å². The molecule has 0 fully saturated rings. The first-order chi connectivity index (χ1) is 14.3. The Labute approximate surface area is 177 Å². The molecule has 2 aromatic carbocycles. The minimum absolute atomic E-state index is 0.0885. The number of anilines is 2. The molecule has 0 unspecified atom stereocenters. The molecule has 1 heterocycles. The van der Waals surface area contributed by atoms with Gasteiger partial charge in [-0.15, -0.1) is 0 Å². The van der Waals surface area contributed by atoms with Crippen molar-refractivity contribution in [3.05, 3.63) is 48.0 Å². The Kier molecular flexibility index (Phi) is 6.71. The Bertz CT molecular complexity index is 988. The maximum atomic E-state index is 12.5. The van der Waals surface area contributed by atoms with Gasteiger partial charge in [0.2, 0.25) is 22.7 Å². The molecular weight excluding hydrogens is 406 g/mol. The van der Waals surface area contributed by atoms with Crippen LogP contribution in [-0.2, 0) is 21.4 Å². The van der Waals surface area contributed by atoms with Crippen LogP contribution < -0.4 is 24.0 Å². The van der Waals surface area contributed by atoms with Gasteiger partial charge in [-0.05, 0) is 43.7 Å². The van der Waals surface area contributed by atoms with Crippen LogP contribution in [0.25, 0.3) is 0 Å². The van der Waals surface area contributed by atoms with Gasteiger partial charge in [0.25, 0.3) is 0 Å². The molecule has 1 aliphatic rings. The van der Waals surface area contributed by atoms with E-state index in [2.05, 4.69) is 24.1 Å². The summed E-state index contributed by atoms with van der Waals surface area (Å²) < 4.78 is 36.1. The molecule has 1 aliphatic heterocycles. The van der Waals surface area contributed by atoms with Gasteiger partial charge in [0.05, 0.1) is 11.9 Å². The SMILES string of the molecule is CCN(CC)c1ccc(CNC(=O)CN(c2ccc3c(c2)OCO3)S(C)(=O)=O)cc1. The molecule has 8 nitrogen and oxygen atoms in total. The second kappa shape index (κ2) is 9.25. The van der Waals surface area contributed by atoms with E-state index in [1.165, 1.54) is 0 Å². The first-order valence-corrected chi connectivity index (χ1v) is 11.6. The van der Waals surface area contributed by atoms with Crippen molar-refractivity contribution in [3.8, 4) is 11.5 Å². The molecule has 1 amide bonds. The lowest BCUT2D eigenvalue weighted by molar-refractivity contribution is -0.119. The smallest absolute Gasteiger partial charge is 0.241 e. The van der Waals surface area contributed by atoms with Crippen molar-refractivity contribution >= 4 is 27.3 Å². The Morgan fingerprint density at radius 3 is 2.27 bits per heavy atom. The van der Waals surface area contributed by atoms with Gasteiger partial charge in [-0.2, -0.15) is 0 Å². The van der Waals surface area contributed by atoms with E-state index in [1.807, 2.05) is 24.3 Å². The molecular formula is C21H27N3O5S. The lowest BCUT2D eigenvalue weighted by Crippen LogP contribution is -2.40. The molecule has 0 radical (unpaired) electrons. The van der Waals surface area contributed by atoms with Crippen LogP contribution in [0.4, 0.5) is 11.4 Å². The van der Waals surface area contributed by atoms with E-state index in [4.69, 9.17) is 9.47 Å². The number of nitrogens with one attached hydrogen (secondary N) is 1. The number of nitrogens with zero attached hydrogens (tertiary/aromatic N) is 2. The highest BCUT2D eigenvalue weighted by Gasteiger charge is 2.23. The third kappa shape index (κ3) is 5.15. The summed E-state index contributed by atoms with van der Waals surface area (Å²) >= 11 is 0. The second-order valence-corrected chi connectivity index (χ2v) is 8.83. The van der Waals surface area contributed by atoms with Crippen LogP contribution in [0.2, 0.25) is 0 Å². The molecule has 0 bridgehead atoms. The Morgan fingerprint density at radius 2 is 1.63 bits per heavy atom. The highest BCUT2D eigenvalue weighted by molar-refractivity contribution is 7.92. The number of carbonyl (C=O) groups excluding carboxylic acids is 1. The molecule has 0 aliphatic carbocycles. The fourth-order valence-electron chi connectivity index (χ4n) is 3.24. The molecule has 0 saturated heterocycles. The van der Waals surface area contributed by atoms with Gasteiger partial charge in [-0.25, -0.2) is 8.42 Å². The minimum Gasteiger partial charge on any atom is -0.454 e. The number of benzene rings is 2. The van der Waals surface area contributed by atoms with Crippen molar-refractivity contribution in [3.63, 3.8) is 0 Å². The lowest BCUT2D eigenvalue weighted by Gasteiger charge is -2.22. The molecule has 9 heteroatoms. The maximum absolute atomic E-state index is 12.5. The molecule has 0 spiro atoms. The molecule has 0 aromatic heterocycles. The van der Waals surface area contributed by atoms with E-state index < -0.39 is 15.9 Å². The molecule has 162 valence electrons. The third-order valence-corrected chi connectivity index (χ3v) is 6.03. The summed E-state index contributed by atoms with van der Waals surface area (Å²) in [6, 6.07) is 12.7. The number of amides is 1. The summed E-state index contributed by atoms with van der Waals surface area (Å²) in [5, 5.41) is 2.79. The van der Waals surface area contributed by atoms with Gasteiger partial charge >= 0.3 is 0 Å². The lowest BCUT2D eigenvalue weighted by atomic mass is 10.2. The second-order valence-electron chi connectivity index (χ2n) is 6.92. The third-order valence-electron chi connectivity index (χ3n) is 4.89. The van der Waals surface area contributed by atoms with Crippen molar-refractivity contribution in [2.75, 3.05) is 41.9 Å². The number of sulfonamides is 1. The van der Waals surface area contributed by atoms with Crippen molar-refractivity contribution < 1.29 is 22.7 Å². The number of hydrogen-bond donors (Lipinski definition) is 1. The summed E-state index contributed by atoms with van der Waals surface area (Å²) in [5.41, 5.74) is 2.41. The van der Waals surface area contributed by atoms with Gasteiger partial charge in [-0.1, -0.05) is 12.1 Å². The first-order valence-electron chi connectivity index (χ1n) is 9.79. The van der Waals surface area contributed by atoms with Crippen LogP contribution in [0, 0.1) is 0 Å². The summed E-state index contributed by atoms with van der Waals surface area (Å²) in [4.78, 5) is 14.7. The van der Waals surface area contributed by atoms with Crippen LogP contribution >= 0.6 is 0 Å². The molecule has 1 N–H and O–H groups in total. The van der Waals surface area contributed by atoms with E-state index >= 15 is 0 Å². The molecule has 0 saturated carbocycles. The summed E-state index contributed by atoms with van der Waals surface area (Å²) in [6.45, 7) is 6.13. The Balaban J connectivity index is 1.64. The molecule has 30 heavy (non-hydrogen) atoms. The van der Waals surface area contributed by atoms with Gasteiger partial charge in [0.1, 0.15) is 6.54 Å². The standard InChI is InChI=1S/C21H27N3O5S/c1-4-23(5-2)17-8-6-16(7-9-17)13-22-21(25)14-24(30(3,26)27)18-10-11-19-20(12-18)29-15-28-19/h6-12H,4-5,13-15H2,1-3H3,(H,22,25). The number of rotatable bonds is 9. The van der Waals surface area contributed by atoms with Gasteiger partial charge < -0.3 is 19.7 Å². The predicted octanol–water partition coefficient (Wildman–Crippen LogP) is 2.34. The van der Waals surface area contributed by atoms with Crippen LogP contribution in [0.15, 0.2) is 42.5 Å². The summed E-state index contributed by atoms with van der Waals surface area (Å²) in [5.74, 6) is 0.602. The van der Waals surface area contributed by atoms with E-state index in [0.717, 1.165) is 34.9 Å². The molecule has 3 rings (SSSR count). The highest BCUT2D eigenvalue weighted by Crippen LogP contribution is 2.36. The van der Waals surface area contributed by atoms with E-state index in [-0.39, 0.29) is 13.3 Å². The maximum Gasteiger partial charge on any atom is 0.241 e. The van der Waals surface area contributed by atoms with Crippen molar-refractivity contribution in [1.29, 1.82) is 0 Å². The number of hydrogen-bond acceptors (Lipinski definition) is 6. The van der Waals surface area contributed by atoms with Crippen LogP contribution in [0.5, 0.6) is 11.5 Å². The van der Waals surface area contributed by atoms with Gasteiger partial charge in [0.15, 0.2) is 11.5 Å². The Hall–Kier alpha value is -2.94. The van der Waals surface area contributed by atoms with Gasteiger partial charge in [0, 0.05) is 31.4 Å². The van der Waals surface area contributed by atoms with E-state index in [1.54, 1.807) is 18.2 Å². The zero-order valence-electron chi connectivity index (χ0n) is 17.4. The quantitative estimate of drug-likeness (QED) is 0.653. The minimum atomic E-state index is -3.66. The number of ether oxygens (including phenoxy) is 2. The normalized spacial score (nSPS) is 12.5. The monoisotopic (exact) mass is 433 g/mol. The molecule has 2 aromatic rings. The van der Waals surface area contributed by atoms with Crippen molar-refractivity contribution in [1.82, 2.24) is 5.32 Å². The average molecular weight is 434 g/mol. The summed E-state index contributed by atoms with van der Waals surface area (Å²) in [7, 11) is -3.66. The molecule has 0 atom stereocenters. The fraction of sp³-hybridized carbons (Fsp3) is 0.381. The predicted molar refractivity (Wildman–Crippen MR) is 117 cm³/mol. The van der Waals surface area contributed by atoms with Crippen LogP contribution in [0.1, 0.15) is 19.4 Å². The zero-order chi connectivity index (χ0) is 21.7. The Morgan fingerprint density at radius 1 is 1.00 bits per heavy atom. The topological polar surface area (TPSA) is 88.2 Å². The highest BCUT2D eigenvalue weighted by atomic mass is 32.2. The van der Waals surface area contributed by atoms with Crippen molar-refractivity contribution in [2.45, 2.75) is 20.4 Å².